The van der Waals surface area contributed by atoms with Crippen molar-refractivity contribution in [1.29, 1.82) is 0 Å². The molecule has 0 saturated heterocycles. The van der Waals surface area contributed by atoms with E-state index in [1.54, 1.807) is 0 Å². The first-order valence-electron chi connectivity index (χ1n) is 6.95. The van der Waals surface area contributed by atoms with Crippen LogP contribution in [0.3, 0.4) is 0 Å². The van der Waals surface area contributed by atoms with E-state index in [0.717, 1.165) is 6.54 Å². The van der Waals surface area contributed by atoms with Crippen LogP contribution in [0.2, 0.25) is 0 Å². The Morgan fingerprint density at radius 1 is 1.06 bits per heavy atom. The van der Waals surface area contributed by atoms with Crippen LogP contribution >= 0.6 is 0 Å². The lowest BCUT2D eigenvalue weighted by Crippen LogP contribution is -2.37. The Bertz CT molecular complexity index is 323. The average molecular weight is 249 g/mol. The summed E-state index contributed by atoms with van der Waals surface area (Å²) in [6.07, 6.45) is 0. The highest BCUT2D eigenvalue weighted by molar-refractivity contribution is 5.20. The molecule has 0 aliphatic carbocycles. The quantitative estimate of drug-likeness (QED) is 0.778. The highest BCUT2D eigenvalue weighted by Gasteiger charge is 2.18. The minimum Gasteiger partial charge on any atom is -0.396 e. The highest BCUT2D eigenvalue weighted by Crippen LogP contribution is 2.23. The summed E-state index contributed by atoms with van der Waals surface area (Å²) >= 11 is 0. The van der Waals surface area contributed by atoms with E-state index in [1.165, 1.54) is 5.56 Å². The van der Waals surface area contributed by atoms with Gasteiger partial charge in [-0.3, -0.25) is 0 Å². The first-order chi connectivity index (χ1) is 8.56. The van der Waals surface area contributed by atoms with E-state index in [2.05, 4.69) is 63.3 Å². The third-order valence-corrected chi connectivity index (χ3v) is 3.83. The Balaban J connectivity index is 2.60. The molecular formula is C16H27NO. The van der Waals surface area contributed by atoms with Crippen LogP contribution in [0.1, 0.15) is 39.2 Å². The second-order valence-corrected chi connectivity index (χ2v) is 5.62. The van der Waals surface area contributed by atoms with Crippen LogP contribution in [0.5, 0.6) is 0 Å². The van der Waals surface area contributed by atoms with Gasteiger partial charge in [0.15, 0.2) is 0 Å². The molecule has 2 nitrogen and oxygen atoms in total. The van der Waals surface area contributed by atoms with Gasteiger partial charge >= 0.3 is 0 Å². The van der Waals surface area contributed by atoms with E-state index < -0.39 is 0 Å². The lowest BCUT2D eigenvalue weighted by atomic mass is 9.88. The number of hydrogen-bond donors (Lipinski definition) is 2. The van der Waals surface area contributed by atoms with Crippen LogP contribution in [0.15, 0.2) is 30.3 Å². The summed E-state index contributed by atoms with van der Waals surface area (Å²) in [7, 11) is 0. The molecule has 0 aliphatic rings. The summed E-state index contributed by atoms with van der Waals surface area (Å²) in [6, 6.07) is 11.0. The molecule has 0 amide bonds. The number of rotatable bonds is 7. The molecule has 1 aromatic rings. The molecule has 0 aliphatic heterocycles. The minimum absolute atomic E-state index is 0.242. The maximum atomic E-state index is 9.16. The number of nitrogens with one attached hydrogen (secondary N) is 1. The lowest BCUT2D eigenvalue weighted by molar-refractivity contribution is 0.205. The molecule has 0 fully saturated rings. The predicted octanol–water partition coefficient (Wildman–Crippen LogP) is 3.03. The fraction of sp³-hybridized carbons (Fsp3) is 0.625. The van der Waals surface area contributed by atoms with Crippen molar-refractivity contribution in [2.75, 3.05) is 13.2 Å². The maximum absolute atomic E-state index is 9.16. The maximum Gasteiger partial charge on any atom is 0.0471 e. The number of aliphatic hydroxyl groups excluding tert-OH is 1. The monoisotopic (exact) mass is 249 g/mol. The van der Waals surface area contributed by atoms with Crippen LogP contribution in [0, 0.1) is 11.8 Å². The third-order valence-electron chi connectivity index (χ3n) is 3.83. The van der Waals surface area contributed by atoms with Gasteiger partial charge in [-0.15, -0.1) is 0 Å². The van der Waals surface area contributed by atoms with Crippen molar-refractivity contribution in [2.24, 2.45) is 11.8 Å². The molecule has 0 saturated carbocycles. The predicted molar refractivity (Wildman–Crippen MR) is 77.7 cm³/mol. The second kappa shape index (κ2) is 7.55. The molecule has 1 rings (SSSR count). The first kappa shape index (κ1) is 15.2. The van der Waals surface area contributed by atoms with E-state index >= 15 is 0 Å². The summed E-state index contributed by atoms with van der Waals surface area (Å²) in [5.74, 6) is 1.43. The molecule has 0 heterocycles. The third kappa shape index (κ3) is 4.43. The number of aliphatic hydroxyl groups is 1. The number of hydrogen-bond acceptors (Lipinski definition) is 2. The average Bonchev–Trinajstić information content (AvgIpc) is 2.38. The normalized spacial score (nSPS) is 16.6. The fourth-order valence-electron chi connectivity index (χ4n) is 2.11. The van der Waals surface area contributed by atoms with Crippen LogP contribution in [-0.2, 0) is 0 Å². The molecule has 0 radical (unpaired) electrons. The zero-order valence-corrected chi connectivity index (χ0v) is 12.1. The van der Waals surface area contributed by atoms with Crippen LogP contribution in [0.25, 0.3) is 0 Å². The Labute approximate surface area is 111 Å². The van der Waals surface area contributed by atoms with Gasteiger partial charge in [-0.2, -0.15) is 0 Å². The van der Waals surface area contributed by atoms with Gasteiger partial charge < -0.3 is 10.4 Å². The Morgan fingerprint density at radius 3 is 2.17 bits per heavy atom. The molecule has 102 valence electrons. The van der Waals surface area contributed by atoms with E-state index in [4.69, 9.17) is 5.11 Å². The lowest BCUT2D eigenvalue weighted by Gasteiger charge is -2.26. The summed E-state index contributed by atoms with van der Waals surface area (Å²) in [4.78, 5) is 0. The van der Waals surface area contributed by atoms with Gasteiger partial charge in [0.1, 0.15) is 0 Å². The van der Waals surface area contributed by atoms with Gasteiger partial charge in [0.05, 0.1) is 0 Å². The molecule has 18 heavy (non-hydrogen) atoms. The summed E-state index contributed by atoms with van der Waals surface area (Å²) in [6.45, 7) is 9.95. The van der Waals surface area contributed by atoms with Gasteiger partial charge in [0.25, 0.3) is 0 Å². The van der Waals surface area contributed by atoms with E-state index in [1.807, 2.05) is 0 Å². The first-order valence-corrected chi connectivity index (χ1v) is 6.95. The largest absolute Gasteiger partial charge is 0.396 e. The van der Waals surface area contributed by atoms with Crippen molar-refractivity contribution in [2.45, 2.75) is 39.7 Å². The van der Waals surface area contributed by atoms with Crippen molar-refractivity contribution >= 4 is 0 Å². The minimum atomic E-state index is 0.242. The Kier molecular flexibility index (Phi) is 6.37. The molecule has 0 spiro atoms. The molecule has 3 atom stereocenters. The van der Waals surface area contributed by atoms with E-state index in [9.17, 15) is 0 Å². The van der Waals surface area contributed by atoms with Crippen LogP contribution < -0.4 is 5.32 Å². The molecule has 1 aromatic carbocycles. The summed E-state index contributed by atoms with van der Waals surface area (Å²) in [5, 5.41) is 12.7. The summed E-state index contributed by atoms with van der Waals surface area (Å²) < 4.78 is 0. The zero-order chi connectivity index (χ0) is 13.5. The molecule has 2 heteroatoms. The SMILES string of the molecule is CC(C)C(CNC(C)C(C)CO)c1ccccc1. The van der Waals surface area contributed by atoms with Gasteiger partial charge in [-0.05, 0) is 30.2 Å². The fourth-order valence-corrected chi connectivity index (χ4v) is 2.11. The Morgan fingerprint density at radius 2 is 1.67 bits per heavy atom. The second-order valence-electron chi connectivity index (χ2n) is 5.62. The van der Waals surface area contributed by atoms with Crippen molar-refractivity contribution in [3.63, 3.8) is 0 Å². The molecule has 0 bridgehead atoms. The Hall–Kier alpha value is -0.860. The van der Waals surface area contributed by atoms with Crippen molar-refractivity contribution in [1.82, 2.24) is 5.32 Å². The van der Waals surface area contributed by atoms with E-state index in [0.29, 0.717) is 23.8 Å². The van der Waals surface area contributed by atoms with Gasteiger partial charge in [0, 0.05) is 19.2 Å². The van der Waals surface area contributed by atoms with Gasteiger partial charge in [-0.25, -0.2) is 0 Å². The smallest absolute Gasteiger partial charge is 0.0471 e. The molecular weight excluding hydrogens is 222 g/mol. The number of benzene rings is 1. The van der Waals surface area contributed by atoms with Crippen LogP contribution in [-0.4, -0.2) is 24.3 Å². The van der Waals surface area contributed by atoms with Crippen molar-refractivity contribution in [3.05, 3.63) is 35.9 Å². The summed E-state index contributed by atoms with van der Waals surface area (Å²) in [5.41, 5.74) is 1.39. The van der Waals surface area contributed by atoms with Gasteiger partial charge in [0.2, 0.25) is 0 Å². The highest BCUT2D eigenvalue weighted by atomic mass is 16.3. The van der Waals surface area contributed by atoms with Crippen LogP contribution in [0.4, 0.5) is 0 Å². The van der Waals surface area contributed by atoms with Crippen molar-refractivity contribution in [3.8, 4) is 0 Å². The van der Waals surface area contributed by atoms with Crippen molar-refractivity contribution < 1.29 is 5.11 Å². The molecule has 2 N–H and O–H groups in total. The van der Waals surface area contributed by atoms with Gasteiger partial charge in [-0.1, -0.05) is 51.1 Å². The topological polar surface area (TPSA) is 32.3 Å². The standard InChI is InChI=1S/C16H27NO/c1-12(2)16(15-8-6-5-7-9-15)10-17-14(4)13(3)11-18/h5-9,12-14,16-18H,10-11H2,1-4H3. The zero-order valence-electron chi connectivity index (χ0n) is 12.1. The molecule has 0 aromatic heterocycles. The van der Waals surface area contributed by atoms with E-state index in [-0.39, 0.29) is 6.61 Å². The molecule has 3 unspecified atom stereocenters.